The number of benzene rings is 1. The summed E-state index contributed by atoms with van der Waals surface area (Å²) in [4.78, 5) is 4.51. The molecule has 3 rings (SSSR count). The number of fused-ring (bicyclic) bond motifs is 1. The van der Waals surface area contributed by atoms with Crippen molar-refractivity contribution in [3.05, 3.63) is 59.0 Å². The van der Waals surface area contributed by atoms with Crippen LogP contribution in [-0.4, -0.2) is 33.0 Å². The van der Waals surface area contributed by atoms with E-state index in [0.29, 0.717) is 6.54 Å². The van der Waals surface area contributed by atoms with Crippen molar-refractivity contribution in [3.63, 3.8) is 0 Å². The lowest BCUT2D eigenvalue weighted by Gasteiger charge is -2.08. The normalized spacial score (nSPS) is 10.8. The summed E-state index contributed by atoms with van der Waals surface area (Å²) in [7, 11) is 0. The summed E-state index contributed by atoms with van der Waals surface area (Å²) in [6, 6.07) is 10.4. The predicted octanol–water partition coefficient (Wildman–Crippen LogP) is 2.79. The van der Waals surface area contributed by atoms with Crippen molar-refractivity contribution >= 4 is 23.3 Å². The number of aliphatic hydroxyl groups excluding tert-OH is 1. The molecule has 2 aromatic heterocycles. The first-order valence-corrected chi connectivity index (χ1v) is 8.38. The quantitative estimate of drug-likeness (QED) is 0.636. The Bertz CT molecular complexity index is 826. The predicted molar refractivity (Wildman–Crippen MR) is 103 cm³/mol. The molecular formula is C19H25ClN4O. The van der Waals surface area contributed by atoms with Gasteiger partial charge in [0.2, 0.25) is 0 Å². The van der Waals surface area contributed by atoms with Crippen LogP contribution in [-0.2, 0) is 19.5 Å². The fourth-order valence-corrected chi connectivity index (χ4v) is 3.11. The smallest absolute Gasteiger partial charge is 0.0734 e. The van der Waals surface area contributed by atoms with Crippen molar-refractivity contribution in [3.8, 4) is 0 Å². The van der Waals surface area contributed by atoms with E-state index in [9.17, 15) is 0 Å². The van der Waals surface area contributed by atoms with E-state index in [1.165, 1.54) is 16.5 Å². The highest BCUT2D eigenvalue weighted by Gasteiger charge is 2.10. The van der Waals surface area contributed by atoms with Gasteiger partial charge in [-0.1, -0.05) is 24.3 Å². The number of pyridine rings is 1. The van der Waals surface area contributed by atoms with E-state index < -0.39 is 0 Å². The van der Waals surface area contributed by atoms with Crippen molar-refractivity contribution in [2.45, 2.75) is 33.4 Å². The first kappa shape index (κ1) is 19.4. The molecule has 6 heteroatoms. The highest BCUT2D eigenvalue weighted by atomic mass is 35.5. The summed E-state index contributed by atoms with van der Waals surface area (Å²) in [6.07, 6.45) is 2.79. The Morgan fingerprint density at radius 2 is 1.96 bits per heavy atom. The van der Waals surface area contributed by atoms with Gasteiger partial charge in [0.05, 0.1) is 24.4 Å². The number of nitrogens with zero attached hydrogens (tertiary/aromatic N) is 3. The van der Waals surface area contributed by atoms with Gasteiger partial charge in [0.15, 0.2) is 0 Å². The topological polar surface area (TPSA) is 63.0 Å². The van der Waals surface area contributed by atoms with Gasteiger partial charge in [-0.3, -0.25) is 9.67 Å². The SMILES string of the molecule is Cc1nn(CCO)c(C)c1CNCCc1cccc2cccnc12.Cl. The molecule has 0 aliphatic rings. The van der Waals surface area contributed by atoms with Crippen LogP contribution in [0.3, 0.4) is 0 Å². The van der Waals surface area contributed by atoms with Crippen molar-refractivity contribution in [1.82, 2.24) is 20.1 Å². The Hall–Kier alpha value is -1.95. The number of hydrogen-bond donors (Lipinski definition) is 2. The molecule has 3 aromatic rings. The molecule has 0 atom stereocenters. The fraction of sp³-hybridized carbons (Fsp3) is 0.368. The first-order chi connectivity index (χ1) is 11.7. The molecule has 0 saturated carbocycles. The second kappa shape index (κ2) is 8.94. The summed E-state index contributed by atoms with van der Waals surface area (Å²) < 4.78 is 1.88. The molecule has 0 amide bonds. The highest BCUT2D eigenvalue weighted by molar-refractivity contribution is 5.85. The van der Waals surface area contributed by atoms with E-state index in [0.717, 1.165) is 36.4 Å². The van der Waals surface area contributed by atoms with Gasteiger partial charge >= 0.3 is 0 Å². The van der Waals surface area contributed by atoms with Crippen LogP contribution < -0.4 is 5.32 Å². The zero-order chi connectivity index (χ0) is 16.9. The van der Waals surface area contributed by atoms with Crippen molar-refractivity contribution < 1.29 is 5.11 Å². The van der Waals surface area contributed by atoms with Gasteiger partial charge in [0.1, 0.15) is 0 Å². The minimum Gasteiger partial charge on any atom is -0.394 e. The van der Waals surface area contributed by atoms with Crippen LogP contribution >= 0.6 is 12.4 Å². The van der Waals surface area contributed by atoms with E-state index in [1.54, 1.807) is 0 Å². The van der Waals surface area contributed by atoms with E-state index in [1.807, 2.05) is 23.9 Å². The molecule has 0 bridgehead atoms. The minimum absolute atomic E-state index is 0. The summed E-state index contributed by atoms with van der Waals surface area (Å²) in [5.41, 5.74) is 5.73. The maximum absolute atomic E-state index is 9.09. The molecule has 0 radical (unpaired) electrons. The molecule has 2 heterocycles. The molecule has 0 unspecified atom stereocenters. The number of aryl methyl sites for hydroxylation is 1. The Balaban J connectivity index is 0.00000225. The minimum atomic E-state index is 0. The Labute approximate surface area is 154 Å². The third kappa shape index (κ3) is 4.37. The van der Waals surface area contributed by atoms with E-state index in [-0.39, 0.29) is 19.0 Å². The number of rotatable bonds is 7. The summed E-state index contributed by atoms with van der Waals surface area (Å²) in [6.45, 7) is 6.42. The summed E-state index contributed by atoms with van der Waals surface area (Å²) >= 11 is 0. The molecule has 0 fully saturated rings. The van der Waals surface area contributed by atoms with Crippen molar-refractivity contribution in [2.75, 3.05) is 13.2 Å². The second-order valence-electron chi connectivity index (χ2n) is 6.02. The third-order valence-corrected chi connectivity index (χ3v) is 4.43. The Morgan fingerprint density at radius 3 is 2.76 bits per heavy atom. The van der Waals surface area contributed by atoms with Gasteiger partial charge in [0, 0.05) is 29.4 Å². The third-order valence-electron chi connectivity index (χ3n) is 4.43. The van der Waals surface area contributed by atoms with Crippen LogP contribution in [0.4, 0.5) is 0 Å². The highest BCUT2D eigenvalue weighted by Crippen LogP contribution is 2.16. The zero-order valence-electron chi connectivity index (χ0n) is 14.7. The molecule has 1 aromatic carbocycles. The number of aliphatic hydroxyl groups is 1. The number of aromatic nitrogens is 3. The monoisotopic (exact) mass is 360 g/mol. The largest absolute Gasteiger partial charge is 0.394 e. The number of halogens is 1. The zero-order valence-corrected chi connectivity index (χ0v) is 15.5. The summed E-state index contributed by atoms with van der Waals surface area (Å²) in [5.74, 6) is 0. The van der Waals surface area contributed by atoms with Crippen molar-refractivity contribution in [2.24, 2.45) is 0 Å². The molecule has 2 N–H and O–H groups in total. The molecule has 0 aliphatic heterocycles. The summed E-state index contributed by atoms with van der Waals surface area (Å²) in [5, 5.41) is 18.3. The van der Waals surface area contributed by atoms with Gasteiger partial charge < -0.3 is 10.4 Å². The lowest BCUT2D eigenvalue weighted by molar-refractivity contribution is 0.267. The lowest BCUT2D eigenvalue weighted by atomic mass is 10.1. The molecule has 25 heavy (non-hydrogen) atoms. The average Bonchev–Trinajstić information content (AvgIpc) is 2.86. The van der Waals surface area contributed by atoms with Gasteiger partial charge in [0.25, 0.3) is 0 Å². The molecule has 0 aliphatic carbocycles. The van der Waals surface area contributed by atoms with Crippen LogP contribution in [0.15, 0.2) is 36.5 Å². The first-order valence-electron chi connectivity index (χ1n) is 8.38. The number of nitrogens with one attached hydrogen (secondary N) is 1. The van der Waals surface area contributed by atoms with Crippen LogP contribution in [0.2, 0.25) is 0 Å². The van der Waals surface area contributed by atoms with E-state index in [4.69, 9.17) is 5.11 Å². The van der Waals surface area contributed by atoms with Crippen LogP contribution in [0.1, 0.15) is 22.5 Å². The fourth-order valence-electron chi connectivity index (χ4n) is 3.11. The van der Waals surface area contributed by atoms with Crippen molar-refractivity contribution in [1.29, 1.82) is 0 Å². The maximum Gasteiger partial charge on any atom is 0.0734 e. The van der Waals surface area contributed by atoms with Gasteiger partial charge in [-0.15, -0.1) is 12.4 Å². The Kier molecular flexibility index (Phi) is 6.93. The van der Waals surface area contributed by atoms with Gasteiger partial charge in [-0.25, -0.2) is 0 Å². The number of hydrogen-bond acceptors (Lipinski definition) is 4. The Morgan fingerprint density at radius 1 is 1.16 bits per heavy atom. The van der Waals surface area contributed by atoms with Gasteiger partial charge in [-0.05, 0) is 38.4 Å². The molecule has 134 valence electrons. The van der Waals surface area contributed by atoms with E-state index >= 15 is 0 Å². The molecule has 5 nitrogen and oxygen atoms in total. The van der Waals surface area contributed by atoms with Gasteiger partial charge in [-0.2, -0.15) is 5.10 Å². The molecular weight excluding hydrogens is 336 g/mol. The van der Waals surface area contributed by atoms with Crippen LogP contribution in [0, 0.1) is 13.8 Å². The maximum atomic E-state index is 9.09. The number of para-hydroxylation sites is 1. The average molecular weight is 361 g/mol. The standard InChI is InChI=1S/C19H24N4O.ClH/c1-14-18(15(2)23(22-14)11-12-24)13-20-10-8-17-6-3-5-16-7-4-9-21-19(16)17;/h3-7,9,20,24H,8,10-13H2,1-2H3;1H. The van der Waals surface area contributed by atoms with Crippen LogP contribution in [0.25, 0.3) is 10.9 Å². The molecule has 0 saturated heterocycles. The molecule has 0 spiro atoms. The second-order valence-corrected chi connectivity index (χ2v) is 6.02. The van der Waals surface area contributed by atoms with Crippen LogP contribution in [0.5, 0.6) is 0 Å². The lowest BCUT2D eigenvalue weighted by Crippen LogP contribution is -2.18. The van der Waals surface area contributed by atoms with E-state index in [2.05, 4.69) is 46.6 Å².